The predicted molar refractivity (Wildman–Crippen MR) is 93.2 cm³/mol. The highest BCUT2D eigenvalue weighted by molar-refractivity contribution is 7.07. The predicted octanol–water partition coefficient (Wildman–Crippen LogP) is 4.18. The first-order chi connectivity index (χ1) is 12.4. The van der Waals surface area contributed by atoms with Crippen LogP contribution < -0.4 is 9.64 Å². The normalized spacial score (nSPS) is 11.4. The molecular formula is C17H15F3N4OS. The molecular weight excluding hydrogens is 365 g/mol. The van der Waals surface area contributed by atoms with Crippen molar-refractivity contribution in [1.29, 1.82) is 0 Å². The largest absolute Gasteiger partial charge is 0.573 e. The number of aromatic nitrogens is 3. The van der Waals surface area contributed by atoms with Gasteiger partial charge in [0.05, 0.1) is 16.9 Å². The van der Waals surface area contributed by atoms with E-state index in [9.17, 15) is 13.2 Å². The number of halogens is 3. The van der Waals surface area contributed by atoms with E-state index in [2.05, 4.69) is 19.9 Å². The van der Waals surface area contributed by atoms with Crippen LogP contribution in [0.1, 0.15) is 5.69 Å². The third-order valence-electron chi connectivity index (χ3n) is 3.61. The van der Waals surface area contributed by atoms with E-state index < -0.39 is 6.36 Å². The van der Waals surface area contributed by atoms with Crippen molar-refractivity contribution in [3.05, 3.63) is 53.0 Å². The summed E-state index contributed by atoms with van der Waals surface area (Å²) in [5.41, 5.74) is 4.06. The lowest BCUT2D eigenvalue weighted by Gasteiger charge is -2.17. The third kappa shape index (κ3) is 4.92. The van der Waals surface area contributed by atoms with Crippen LogP contribution in [0, 0.1) is 0 Å². The number of anilines is 1. The molecule has 5 nitrogen and oxygen atoms in total. The number of likely N-dealkylation sites (N-methyl/N-ethyl adjacent to an activating group) is 1. The average Bonchev–Trinajstić information content (AvgIpc) is 3.13. The highest BCUT2D eigenvalue weighted by atomic mass is 32.1. The molecule has 0 unspecified atom stereocenters. The van der Waals surface area contributed by atoms with Gasteiger partial charge in [0, 0.05) is 31.0 Å². The molecule has 0 aliphatic carbocycles. The topological polar surface area (TPSA) is 51.1 Å². The highest BCUT2D eigenvalue weighted by Gasteiger charge is 2.30. The van der Waals surface area contributed by atoms with Gasteiger partial charge in [-0.2, -0.15) is 0 Å². The zero-order chi connectivity index (χ0) is 18.6. The van der Waals surface area contributed by atoms with E-state index >= 15 is 0 Å². The van der Waals surface area contributed by atoms with Gasteiger partial charge in [-0.25, -0.2) is 4.98 Å². The molecule has 0 radical (unpaired) electrons. The first kappa shape index (κ1) is 18.1. The van der Waals surface area contributed by atoms with E-state index in [1.165, 1.54) is 24.3 Å². The molecule has 136 valence electrons. The fraction of sp³-hybridized carbons (Fsp3) is 0.235. The summed E-state index contributed by atoms with van der Waals surface area (Å²) in [5, 5.41) is 10.3. The minimum atomic E-state index is -4.70. The number of hydrogen-bond acceptors (Lipinski definition) is 6. The second-order valence-corrected chi connectivity index (χ2v) is 6.22. The molecule has 0 bridgehead atoms. The standard InChI is InChI=1S/C17H15F3N4OS/c1-24(9-8-13-10-26-11-21-13)16-7-6-15(22-23-16)12-2-4-14(5-3-12)25-17(18,19)20/h2-7,10-11H,8-9H2,1H3. The van der Waals surface area contributed by atoms with Gasteiger partial charge >= 0.3 is 6.36 Å². The molecule has 0 saturated carbocycles. The van der Waals surface area contributed by atoms with Crippen LogP contribution in [-0.2, 0) is 6.42 Å². The smallest absolute Gasteiger partial charge is 0.406 e. The minimum Gasteiger partial charge on any atom is -0.406 e. The molecule has 0 atom stereocenters. The van der Waals surface area contributed by atoms with Gasteiger partial charge in [-0.1, -0.05) is 0 Å². The molecule has 9 heteroatoms. The Hall–Kier alpha value is -2.68. The minimum absolute atomic E-state index is 0.271. The number of thiazole rings is 1. The molecule has 0 aliphatic heterocycles. The fourth-order valence-electron chi connectivity index (χ4n) is 2.27. The Bertz CT molecular complexity index is 821. The summed E-state index contributed by atoms with van der Waals surface area (Å²) in [6.45, 7) is 0.751. The highest BCUT2D eigenvalue weighted by Crippen LogP contribution is 2.26. The van der Waals surface area contributed by atoms with Crippen LogP contribution in [0.25, 0.3) is 11.3 Å². The van der Waals surface area contributed by atoms with Crippen molar-refractivity contribution in [3.63, 3.8) is 0 Å². The van der Waals surface area contributed by atoms with Gasteiger partial charge in [-0.05, 0) is 36.4 Å². The van der Waals surface area contributed by atoms with Gasteiger partial charge in [-0.3, -0.25) is 0 Å². The van der Waals surface area contributed by atoms with E-state index in [-0.39, 0.29) is 5.75 Å². The second-order valence-electron chi connectivity index (χ2n) is 5.50. The van der Waals surface area contributed by atoms with Crippen LogP contribution in [-0.4, -0.2) is 35.1 Å². The van der Waals surface area contributed by atoms with Gasteiger partial charge in [0.2, 0.25) is 0 Å². The Morgan fingerprint density at radius 1 is 1.08 bits per heavy atom. The number of rotatable bonds is 6. The fourth-order valence-corrected chi connectivity index (χ4v) is 2.86. The summed E-state index contributed by atoms with van der Waals surface area (Å²) in [6, 6.07) is 9.12. The maximum Gasteiger partial charge on any atom is 0.573 e. The molecule has 0 fully saturated rings. The number of nitrogens with zero attached hydrogens (tertiary/aromatic N) is 4. The first-order valence-corrected chi connectivity index (χ1v) is 8.63. The Labute approximate surface area is 152 Å². The van der Waals surface area contributed by atoms with E-state index in [4.69, 9.17) is 0 Å². The number of hydrogen-bond donors (Lipinski definition) is 0. The van der Waals surface area contributed by atoms with E-state index in [0.29, 0.717) is 17.1 Å². The Morgan fingerprint density at radius 3 is 2.42 bits per heavy atom. The summed E-state index contributed by atoms with van der Waals surface area (Å²) < 4.78 is 40.4. The van der Waals surface area contributed by atoms with Crippen molar-refractivity contribution in [2.24, 2.45) is 0 Å². The Kier molecular flexibility index (Phi) is 5.36. The van der Waals surface area contributed by atoms with Gasteiger partial charge in [-0.15, -0.1) is 34.7 Å². The molecule has 2 heterocycles. The average molecular weight is 380 g/mol. The van der Waals surface area contributed by atoms with E-state index in [1.54, 1.807) is 22.9 Å². The summed E-state index contributed by atoms with van der Waals surface area (Å²) in [4.78, 5) is 6.21. The molecule has 0 N–H and O–H groups in total. The lowest BCUT2D eigenvalue weighted by molar-refractivity contribution is -0.274. The van der Waals surface area contributed by atoms with Crippen molar-refractivity contribution in [1.82, 2.24) is 15.2 Å². The number of alkyl halides is 3. The summed E-state index contributed by atoms with van der Waals surface area (Å²) in [6.07, 6.45) is -3.89. The molecule has 3 rings (SSSR count). The molecule has 2 aromatic heterocycles. The first-order valence-electron chi connectivity index (χ1n) is 7.69. The summed E-state index contributed by atoms with van der Waals surface area (Å²) in [7, 11) is 1.92. The monoisotopic (exact) mass is 380 g/mol. The summed E-state index contributed by atoms with van der Waals surface area (Å²) >= 11 is 1.56. The van der Waals surface area contributed by atoms with Gasteiger partial charge in [0.25, 0.3) is 0 Å². The van der Waals surface area contributed by atoms with Crippen molar-refractivity contribution in [2.75, 3.05) is 18.5 Å². The van der Waals surface area contributed by atoms with Crippen LogP contribution in [0.15, 0.2) is 47.3 Å². The number of ether oxygens (including phenoxy) is 1. The molecule has 3 aromatic rings. The maximum absolute atomic E-state index is 12.2. The van der Waals surface area contributed by atoms with E-state index in [1.807, 2.05) is 23.4 Å². The summed E-state index contributed by atoms with van der Waals surface area (Å²) in [5.74, 6) is 0.439. The molecule has 0 aliphatic rings. The van der Waals surface area contributed by atoms with Crippen molar-refractivity contribution < 1.29 is 17.9 Å². The van der Waals surface area contributed by atoms with Crippen molar-refractivity contribution in [2.45, 2.75) is 12.8 Å². The third-order valence-corrected chi connectivity index (χ3v) is 4.25. The Balaban J connectivity index is 1.63. The Morgan fingerprint density at radius 2 is 1.85 bits per heavy atom. The van der Waals surface area contributed by atoms with Crippen LogP contribution in [0.3, 0.4) is 0 Å². The van der Waals surface area contributed by atoms with Gasteiger partial charge in [0.15, 0.2) is 5.82 Å². The zero-order valence-electron chi connectivity index (χ0n) is 13.8. The van der Waals surface area contributed by atoms with Gasteiger partial charge < -0.3 is 9.64 Å². The molecule has 0 spiro atoms. The van der Waals surface area contributed by atoms with Crippen molar-refractivity contribution >= 4 is 17.2 Å². The second kappa shape index (κ2) is 7.69. The molecule has 0 amide bonds. The van der Waals surface area contributed by atoms with Crippen LogP contribution >= 0.6 is 11.3 Å². The van der Waals surface area contributed by atoms with E-state index in [0.717, 1.165) is 18.7 Å². The maximum atomic E-state index is 12.2. The lowest BCUT2D eigenvalue weighted by atomic mass is 10.1. The quantitative estimate of drug-likeness (QED) is 0.642. The molecule has 26 heavy (non-hydrogen) atoms. The van der Waals surface area contributed by atoms with Crippen LogP contribution in [0.5, 0.6) is 5.75 Å². The molecule has 1 aromatic carbocycles. The molecule has 0 saturated heterocycles. The van der Waals surface area contributed by atoms with Crippen LogP contribution in [0.2, 0.25) is 0 Å². The lowest BCUT2D eigenvalue weighted by Crippen LogP contribution is -2.21. The zero-order valence-corrected chi connectivity index (χ0v) is 14.6. The van der Waals surface area contributed by atoms with Crippen LogP contribution in [0.4, 0.5) is 19.0 Å². The van der Waals surface area contributed by atoms with Gasteiger partial charge in [0.1, 0.15) is 5.75 Å². The SMILES string of the molecule is CN(CCc1cscn1)c1ccc(-c2ccc(OC(F)(F)F)cc2)nn1. The van der Waals surface area contributed by atoms with Crippen molar-refractivity contribution in [3.8, 4) is 17.0 Å². The number of benzene rings is 1.